The number of aliphatic imine (C=N–C) groups is 1. The lowest BCUT2D eigenvalue weighted by Gasteiger charge is -2.42. The second-order valence-electron chi connectivity index (χ2n) is 4.67. The third-order valence-electron chi connectivity index (χ3n) is 3.24. The van der Waals surface area contributed by atoms with Crippen LogP contribution in [0.1, 0.15) is 12.8 Å². The molecular weight excluding hydrogens is 257 g/mol. The Balaban J connectivity index is 2.28. The van der Waals surface area contributed by atoms with Crippen LogP contribution in [0.25, 0.3) is 0 Å². The molecule has 1 fully saturated rings. The normalized spacial score (nSPS) is 22.7. The molecule has 1 saturated carbocycles. The summed E-state index contributed by atoms with van der Waals surface area (Å²) in [5.41, 5.74) is 0.833. The molecule has 2 rings (SSSR count). The summed E-state index contributed by atoms with van der Waals surface area (Å²) in [6.45, 7) is 2.34. The first-order valence-corrected chi connectivity index (χ1v) is 5.98. The van der Waals surface area contributed by atoms with Crippen LogP contribution in [0.15, 0.2) is 29.3 Å². The zero-order valence-electron chi connectivity index (χ0n) is 10.3. The monoisotopic (exact) mass is 272 g/mol. The zero-order valence-corrected chi connectivity index (χ0v) is 10.3. The van der Waals surface area contributed by atoms with Crippen molar-refractivity contribution in [1.29, 1.82) is 0 Å². The number of halogens is 3. The molecule has 6 heteroatoms. The van der Waals surface area contributed by atoms with Gasteiger partial charge in [0.05, 0.1) is 17.5 Å². The molecule has 1 aromatic carbocycles. The summed E-state index contributed by atoms with van der Waals surface area (Å²) in [7, 11) is 0. The third kappa shape index (κ3) is 3.26. The second-order valence-corrected chi connectivity index (χ2v) is 4.67. The van der Waals surface area contributed by atoms with Crippen LogP contribution in [0.5, 0.6) is 0 Å². The van der Waals surface area contributed by atoms with Crippen LogP contribution in [0.4, 0.5) is 24.5 Å². The molecule has 19 heavy (non-hydrogen) atoms. The summed E-state index contributed by atoms with van der Waals surface area (Å²) in [4.78, 5) is 5.02. The van der Waals surface area contributed by atoms with Gasteiger partial charge in [-0.2, -0.15) is 13.2 Å². The van der Waals surface area contributed by atoms with Crippen LogP contribution >= 0.6 is 0 Å². The van der Waals surface area contributed by atoms with Crippen molar-refractivity contribution >= 4 is 18.1 Å². The van der Waals surface area contributed by atoms with Crippen LogP contribution in [0.2, 0.25) is 0 Å². The molecule has 1 N–H and O–H groups in total. The van der Waals surface area contributed by atoms with Crippen molar-refractivity contribution in [2.75, 3.05) is 11.4 Å². The van der Waals surface area contributed by atoms with Crippen molar-refractivity contribution in [3.8, 4) is 0 Å². The molecule has 0 heterocycles. The second kappa shape index (κ2) is 5.21. The first-order chi connectivity index (χ1) is 8.90. The topological polar surface area (TPSA) is 35.8 Å². The molecule has 0 aliphatic heterocycles. The molecule has 0 bridgehead atoms. The summed E-state index contributed by atoms with van der Waals surface area (Å²) in [6, 6.07) is 6.29. The van der Waals surface area contributed by atoms with Gasteiger partial charge >= 0.3 is 6.18 Å². The van der Waals surface area contributed by atoms with E-state index < -0.39 is 18.8 Å². The van der Waals surface area contributed by atoms with E-state index in [1.807, 2.05) is 0 Å². The minimum absolute atomic E-state index is 0.306. The van der Waals surface area contributed by atoms with Crippen LogP contribution in [0.3, 0.4) is 0 Å². The number of rotatable bonds is 4. The Morgan fingerprint density at radius 2 is 1.95 bits per heavy atom. The first kappa shape index (κ1) is 13.9. The lowest BCUT2D eigenvalue weighted by atomic mass is 9.87. The van der Waals surface area contributed by atoms with Gasteiger partial charge in [0.2, 0.25) is 0 Å². The van der Waals surface area contributed by atoms with Gasteiger partial charge in [0.15, 0.2) is 0 Å². The Morgan fingerprint density at radius 1 is 1.32 bits per heavy atom. The minimum Gasteiger partial charge on any atom is -0.393 e. The lowest BCUT2D eigenvalue weighted by Crippen LogP contribution is -2.50. The van der Waals surface area contributed by atoms with Crippen molar-refractivity contribution in [2.45, 2.75) is 31.2 Å². The van der Waals surface area contributed by atoms with E-state index in [0.717, 1.165) is 0 Å². The molecule has 1 aliphatic rings. The van der Waals surface area contributed by atoms with Gasteiger partial charge < -0.3 is 10.0 Å². The zero-order chi connectivity index (χ0) is 14.0. The Bertz CT molecular complexity index is 455. The molecule has 104 valence electrons. The fraction of sp³-hybridized carbons (Fsp3) is 0.462. The van der Waals surface area contributed by atoms with Crippen LogP contribution < -0.4 is 4.90 Å². The van der Waals surface area contributed by atoms with E-state index in [1.165, 1.54) is 4.90 Å². The molecule has 0 saturated heterocycles. The molecule has 1 aliphatic carbocycles. The number of para-hydroxylation sites is 2. The fourth-order valence-electron chi connectivity index (χ4n) is 2.26. The highest BCUT2D eigenvalue weighted by Crippen LogP contribution is 2.37. The average Bonchev–Trinajstić information content (AvgIpc) is 2.31. The maximum absolute atomic E-state index is 12.7. The predicted molar refractivity (Wildman–Crippen MR) is 68.1 cm³/mol. The first-order valence-electron chi connectivity index (χ1n) is 5.98. The maximum Gasteiger partial charge on any atom is 0.405 e. The van der Waals surface area contributed by atoms with E-state index in [9.17, 15) is 18.3 Å². The Labute approximate surface area is 109 Å². The smallest absolute Gasteiger partial charge is 0.393 e. The van der Waals surface area contributed by atoms with Crippen molar-refractivity contribution in [2.24, 2.45) is 4.99 Å². The SMILES string of the molecule is C=Nc1ccccc1N(CC(F)(F)F)C1CC(O)C1. The van der Waals surface area contributed by atoms with Gasteiger partial charge in [0, 0.05) is 6.04 Å². The summed E-state index contributed by atoms with van der Waals surface area (Å²) < 4.78 is 38.1. The number of anilines is 1. The van der Waals surface area contributed by atoms with Crippen molar-refractivity contribution in [3.05, 3.63) is 24.3 Å². The van der Waals surface area contributed by atoms with Crippen LogP contribution in [-0.4, -0.2) is 36.7 Å². The van der Waals surface area contributed by atoms with Gasteiger partial charge in [-0.15, -0.1) is 0 Å². The standard InChI is InChI=1S/C13H15F3N2O/c1-17-11-4-2-3-5-12(11)18(8-13(14,15)16)9-6-10(19)7-9/h2-5,9-10,19H,1,6-8H2. The van der Waals surface area contributed by atoms with Crippen molar-refractivity contribution in [1.82, 2.24) is 0 Å². The van der Waals surface area contributed by atoms with E-state index in [1.54, 1.807) is 24.3 Å². The number of aliphatic hydroxyl groups excluding tert-OH is 1. The summed E-state index contributed by atoms with van der Waals surface area (Å²) in [5.74, 6) is 0. The van der Waals surface area contributed by atoms with E-state index in [-0.39, 0.29) is 6.04 Å². The summed E-state index contributed by atoms with van der Waals surface area (Å²) >= 11 is 0. The average molecular weight is 272 g/mol. The highest BCUT2D eigenvalue weighted by molar-refractivity contribution is 5.69. The van der Waals surface area contributed by atoms with Crippen LogP contribution in [0, 0.1) is 0 Å². The van der Waals surface area contributed by atoms with Gasteiger partial charge in [0.25, 0.3) is 0 Å². The number of aliphatic hydroxyl groups is 1. The van der Waals surface area contributed by atoms with E-state index >= 15 is 0 Å². The highest BCUT2D eigenvalue weighted by Gasteiger charge is 2.39. The molecule has 0 radical (unpaired) electrons. The molecule has 0 aromatic heterocycles. The summed E-state index contributed by atoms with van der Waals surface area (Å²) in [6.07, 6.45) is -4.11. The number of nitrogens with zero attached hydrogens (tertiary/aromatic N) is 2. The van der Waals surface area contributed by atoms with Crippen LogP contribution in [-0.2, 0) is 0 Å². The van der Waals surface area contributed by atoms with Gasteiger partial charge in [0.1, 0.15) is 6.54 Å². The van der Waals surface area contributed by atoms with E-state index in [0.29, 0.717) is 24.2 Å². The van der Waals surface area contributed by atoms with E-state index in [2.05, 4.69) is 11.7 Å². The molecule has 0 unspecified atom stereocenters. The number of benzene rings is 1. The predicted octanol–water partition coefficient (Wildman–Crippen LogP) is 2.91. The van der Waals surface area contributed by atoms with Gasteiger partial charge in [-0.25, -0.2) is 0 Å². The number of hydrogen-bond acceptors (Lipinski definition) is 3. The highest BCUT2D eigenvalue weighted by atomic mass is 19.4. The molecule has 0 amide bonds. The Morgan fingerprint density at radius 3 is 2.47 bits per heavy atom. The Hall–Kier alpha value is -1.56. The lowest BCUT2D eigenvalue weighted by molar-refractivity contribution is -0.122. The van der Waals surface area contributed by atoms with Gasteiger partial charge in [-0.3, -0.25) is 4.99 Å². The quantitative estimate of drug-likeness (QED) is 0.855. The minimum atomic E-state index is -4.30. The fourth-order valence-corrected chi connectivity index (χ4v) is 2.26. The Kier molecular flexibility index (Phi) is 3.80. The largest absolute Gasteiger partial charge is 0.405 e. The van der Waals surface area contributed by atoms with Gasteiger partial charge in [-0.1, -0.05) is 12.1 Å². The molecule has 3 nitrogen and oxygen atoms in total. The molecular formula is C13H15F3N2O. The summed E-state index contributed by atoms with van der Waals surface area (Å²) in [5, 5.41) is 9.30. The van der Waals surface area contributed by atoms with Gasteiger partial charge in [-0.05, 0) is 31.7 Å². The third-order valence-corrected chi connectivity index (χ3v) is 3.24. The molecule has 0 spiro atoms. The van der Waals surface area contributed by atoms with E-state index in [4.69, 9.17) is 0 Å². The number of alkyl halides is 3. The number of hydrogen-bond donors (Lipinski definition) is 1. The van der Waals surface area contributed by atoms with Crippen molar-refractivity contribution in [3.63, 3.8) is 0 Å². The molecule has 1 aromatic rings. The molecule has 0 atom stereocenters. The maximum atomic E-state index is 12.7. The van der Waals surface area contributed by atoms with Crippen molar-refractivity contribution < 1.29 is 18.3 Å².